The lowest BCUT2D eigenvalue weighted by Gasteiger charge is -2.33. The second kappa shape index (κ2) is 8.45. The van der Waals surface area contributed by atoms with Crippen molar-refractivity contribution in [1.29, 1.82) is 0 Å². The van der Waals surface area contributed by atoms with Gasteiger partial charge in [-0.05, 0) is 32.0 Å². The van der Waals surface area contributed by atoms with Crippen LogP contribution in [0.15, 0.2) is 47.5 Å². The van der Waals surface area contributed by atoms with E-state index < -0.39 is 10.0 Å². The predicted molar refractivity (Wildman–Crippen MR) is 119 cm³/mol. The van der Waals surface area contributed by atoms with E-state index in [9.17, 15) is 13.2 Å². The number of ether oxygens (including phenoxy) is 1. The largest absolute Gasteiger partial charge is 0.493 e. The molecule has 10 heteroatoms. The SMILES string of the molecule is COc1cn(-c2ccccc2)nc1C(=O)N1CCN(S(=O)(=O)c2cc(C)sc2C)CC1. The Morgan fingerprint density at radius 1 is 1.10 bits per heavy atom. The van der Waals surface area contributed by atoms with Crippen molar-refractivity contribution in [1.82, 2.24) is 19.0 Å². The number of rotatable bonds is 5. The third-order valence-corrected chi connectivity index (χ3v) is 8.38. The summed E-state index contributed by atoms with van der Waals surface area (Å²) in [6.07, 6.45) is 1.67. The molecule has 1 saturated heterocycles. The van der Waals surface area contributed by atoms with E-state index in [2.05, 4.69) is 5.10 Å². The number of para-hydroxylation sites is 1. The van der Waals surface area contributed by atoms with Crippen LogP contribution in [0.25, 0.3) is 5.69 Å². The highest BCUT2D eigenvalue weighted by molar-refractivity contribution is 7.89. The Balaban J connectivity index is 1.50. The molecule has 1 aliphatic heterocycles. The second-order valence-electron chi connectivity index (χ2n) is 7.30. The van der Waals surface area contributed by atoms with Gasteiger partial charge in [-0.15, -0.1) is 11.3 Å². The van der Waals surface area contributed by atoms with Crippen molar-refractivity contribution in [3.05, 3.63) is 58.0 Å². The number of carbonyl (C=O) groups is 1. The van der Waals surface area contributed by atoms with Gasteiger partial charge in [-0.2, -0.15) is 9.40 Å². The van der Waals surface area contributed by atoms with Crippen LogP contribution in [0.5, 0.6) is 5.75 Å². The lowest BCUT2D eigenvalue weighted by Crippen LogP contribution is -2.50. The molecule has 0 radical (unpaired) electrons. The average Bonchev–Trinajstić information content (AvgIpc) is 3.37. The summed E-state index contributed by atoms with van der Waals surface area (Å²) in [5, 5.41) is 4.43. The summed E-state index contributed by atoms with van der Waals surface area (Å²) in [5.41, 5.74) is 1.03. The van der Waals surface area contributed by atoms with Crippen LogP contribution >= 0.6 is 11.3 Å². The van der Waals surface area contributed by atoms with Gasteiger partial charge in [0, 0.05) is 35.9 Å². The van der Waals surface area contributed by atoms with Gasteiger partial charge < -0.3 is 9.64 Å². The topological polar surface area (TPSA) is 84.7 Å². The van der Waals surface area contributed by atoms with Gasteiger partial charge in [0.15, 0.2) is 11.4 Å². The monoisotopic (exact) mass is 460 g/mol. The first-order chi connectivity index (χ1) is 14.8. The number of benzene rings is 1. The predicted octanol–water partition coefficient (Wildman–Crippen LogP) is 2.71. The van der Waals surface area contributed by atoms with E-state index in [0.29, 0.717) is 23.7 Å². The van der Waals surface area contributed by atoms with Crippen LogP contribution in [0, 0.1) is 13.8 Å². The summed E-state index contributed by atoms with van der Waals surface area (Å²) in [5.74, 6) is 0.111. The number of thiophene rings is 1. The van der Waals surface area contributed by atoms with E-state index in [1.165, 1.54) is 22.8 Å². The number of sulfonamides is 1. The van der Waals surface area contributed by atoms with E-state index in [-0.39, 0.29) is 24.7 Å². The summed E-state index contributed by atoms with van der Waals surface area (Å²) >= 11 is 1.47. The van der Waals surface area contributed by atoms with Crippen molar-refractivity contribution >= 4 is 27.3 Å². The number of nitrogens with zero attached hydrogens (tertiary/aromatic N) is 4. The van der Waals surface area contributed by atoms with Gasteiger partial charge in [0.05, 0.1) is 23.9 Å². The molecule has 8 nitrogen and oxygen atoms in total. The molecule has 164 valence electrons. The number of piperazine rings is 1. The Hall–Kier alpha value is -2.69. The molecule has 4 rings (SSSR count). The van der Waals surface area contributed by atoms with Crippen molar-refractivity contribution in [2.75, 3.05) is 33.3 Å². The summed E-state index contributed by atoms with van der Waals surface area (Å²) in [4.78, 5) is 16.8. The van der Waals surface area contributed by atoms with Crippen LogP contribution < -0.4 is 4.74 Å². The van der Waals surface area contributed by atoms with Crippen LogP contribution in [-0.4, -0.2) is 66.6 Å². The van der Waals surface area contributed by atoms with Crippen LogP contribution in [0.2, 0.25) is 0 Å². The maximum atomic E-state index is 13.1. The highest BCUT2D eigenvalue weighted by atomic mass is 32.2. The average molecular weight is 461 g/mol. The van der Waals surface area contributed by atoms with Crippen molar-refractivity contribution in [3.63, 3.8) is 0 Å². The Kier molecular flexibility index (Phi) is 5.87. The fourth-order valence-electron chi connectivity index (χ4n) is 3.65. The van der Waals surface area contributed by atoms with Gasteiger partial charge in [0.25, 0.3) is 5.91 Å². The molecule has 3 heterocycles. The van der Waals surface area contributed by atoms with Crippen LogP contribution in [0.1, 0.15) is 20.2 Å². The minimum atomic E-state index is -3.57. The normalized spacial score (nSPS) is 15.3. The molecule has 2 aromatic heterocycles. The zero-order chi connectivity index (χ0) is 22.2. The molecule has 0 saturated carbocycles. The van der Waals surface area contributed by atoms with Crippen molar-refractivity contribution in [3.8, 4) is 11.4 Å². The molecule has 1 aromatic carbocycles. The third kappa shape index (κ3) is 4.10. The molecular formula is C21H24N4O4S2. The smallest absolute Gasteiger partial charge is 0.278 e. The zero-order valence-electron chi connectivity index (χ0n) is 17.6. The van der Waals surface area contributed by atoms with Gasteiger partial charge >= 0.3 is 0 Å². The Morgan fingerprint density at radius 3 is 2.35 bits per heavy atom. The standard InChI is InChI=1S/C21H24N4O4S2/c1-15-13-19(16(2)30-15)31(27,28)24-11-9-23(10-12-24)21(26)20-18(29-3)14-25(22-20)17-7-5-4-6-8-17/h4-8,13-14H,9-12H2,1-3H3. The second-order valence-corrected chi connectivity index (χ2v) is 10.7. The highest BCUT2D eigenvalue weighted by Crippen LogP contribution is 2.29. The number of hydrogen-bond acceptors (Lipinski definition) is 6. The Bertz CT molecular complexity index is 1190. The maximum Gasteiger partial charge on any atom is 0.278 e. The molecule has 3 aromatic rings. The van der Waals surface area contributed by atoms with Gasteiger partial charge in [0.1, 0.15) is 0 Å². The fourth-order valence-corrected chi connectivity index (χ4v) is 6.60. The quantitative estimate of drug-likeness (QED) is 0.585. The molecule has 0 spiro atoms. The lowest BCUT2D eigenvalue weighted by molar-refractivity contribution is 0.0688. The van der Waals surface area contributed by atoms with Crippen molar-refractivity contribution < 1.29 is 17.9 Å². The first-order valence-electron chi connectivity index (χ1n) is 9.87. The summed E-state index contributed by atoms with van der Waals surface area (Å²) < 4.78 is 34.5. The fraction of sp³-hybridized carbons (Fsp3) is 0.333. The number of methoxy groups -OCH3 is 1. The van der Waals surface area contributed by atoms with E-state index in [1.54, 1.807) is 21.8 Å². The Labute approximate surface area is 185 Å². The van der Waals surface area contributed by atoms with Gasteiger partial charge in [0.2, 0.25) is 10.0 Å². The molecule has 0 bridgehead atoms. The molecule has 0 atom stereocenters. The summed E-state index contributed by atoms with van der Waals surface area (Å²) in [6.45, 7) is 4.78. The molecular weight excluding hydrogens is 436 g/mol. The van der Waals surface area contributed by atoms with Crippen LogP contribution in [0.4, 0.5) is 0 Å². The van der Waals surface area contributed by atoms with Gasteiger partial charge in [-0.3, -0.25) is 4.79 Å². The maximum absolute atomic E-state index is 13.1. The lowest BCUT2D eigenvalue weighted by atomic mass is 10.3. The van der Waals surface area contributed by atoms with E-state index in [0.717, 1.165) is 15.4 Å². The van der Waals surface area contributed by atoms with Crippen LogP contribution in [-0.2, 0) is 10.0 Å². The summed E-state index contributed by atoms with van der Waals surface area (Å²) in [7, 11) is -2.07. The first-order valence-corrected chi connectivity index (χ1v) is 12.1. The third-order valence-electron chi connectivity index (χ3n) is 5.26. The number of carbonyl (C=O) groups excluding carboxylic acids is 1. The van der Waals surface area contributed by atoms with Crippen molar-refractivity contribution in [2.45, 2.75) is 18.7 Å². The number of aromatic nitrogens is 2. The first kappa shape index (κ1) is 21.5. The highest BCUT2D eigenvalue weighted by Gasteiger charge is 2.33. The summed E-state index contributed by atoms with van der Waals surface area (Å²) in [6, 6.07) is 11.2. The van der Waals surface area contributed by atoms with Crippen LogP contribution in [0.3, 0.4) is 0 Å². The minimum Gasteiger partial charge on any atom is -0.493 e. The molecule has 0 N–H and O–H groups in total. The van der Waals surface area contributed by atoms with E-state index >= 15 is 0 Å². The number of amides is 1. The number of hydrogen-bond donors (Lipinski definition) is 0. The van der Waals surface area contributed by atoms with Gasteiger partial charge in [-0.1, -0.05) is 18.2 Å². The molecule has 0 unspecified atom stereocenters. The molecule has 0 aliphatic carbocycles. The molecule has 31 heavy (non-hydrogen) atoms. The Morgan fingerprint density at radius 2 is 1.77 bits per heavy atom. The molecule has 1 aliphatic rings. The van der Waals surface area contributed by atoms with E-state index in [4.69, 9.17) is 4.74 Å². The molecule has 1 fully saturated rings. The number of aryl methyl sites for hydroxylation is 2. The zero-order valence-corrected chi connectivity index (χ0v) is 19.2. The molecule has 1 amide bonds. The van der Waals surface area contributed by atoms with Crippen molar-refractivity contribution in [2.24, 2.45) is 0 Å². The van der Waals surface area contributed by atoms with E-state index in [1.807, 2.05) is 44.2 Å². The minimum absolute atomic E-state index is 0.215. The van der Waals surface area contributed by atoms with Gasteiger partial charge in [-0.25, -0.2) is 13.1 Å².